The quantitative estimate of drug-likeness (QED) is 0.775. The number of carbonyl (C=O) groups excluding carboxylic acids is 1. The summed E-state index contributed by atoms with van der Waals surface area (Å²) in [4.78, 5) is 16.1. The van der Waals surface area contributed by atoms with E-state index in [0.717, 1.165) is 31.8 Å². The summed E-state index contributed by atoms with van der Waals surface area (Å²) in [5, 5.41) is 0. The maximum atomic E-state index is 12.3. The fourth-order valence-corrected chi connectivity index (χ4v) is 2.44. The van der Waals surface area contributed by atoms with Crippen LogP contribution < -0.4 is 5.73 Å². The van der Waals surface area contributed by atoms with Gasteiger partial charge in [-0.2, -0.15) is 0 Å². The number of hydrogen-bond acceptors (Lipinski definition) is 3. The minimum Gasteiger partial charge on any atom is -0.373 e. The lowest BCUT2D eigenvalue weighted by molar-refractivity contribution is -0.0151. The molecule has 2 heterocycles. The number of piperidine rings is 1. The van der Waals surface area contributed by atoms with E-state index in [1.807, 2.05) is 9.80 Å². The molecule has 0 saturated carbocycles. The lowest BCUT2D eigenvalue weighted by Gasteiger charge is -2.38. The predicted octanol–water partition coefficient (Wildman–Crippen LogP) is 0.920. The van der Waals surface area contributed by atoms with Crippen molar-refractivity contribution in [2.75, 3.05) is 39.3 Å². The lowest BCUT2D eigenvalue weighted by Crippen LogP contribution is -2.53. The number of urea groups is 1. The van der Waals surface area contributed by atoms with Crippen LogP contribution >= 0.6 is 12.4 Å². The van der Waals surface area contributed by atoms with Crippen LogP contribution in [0.5, 0.6) is 0 Å². The second-order valence-corrected chi connectivity index (χ2v) is 5.13. The largest absolute Gasteiger partial charge is 0.373 e. The van der Waals surface area contributed by atoms with Gasteiger partial charge < -0.3 is 20.3 Å². The SMILES string of the molecule is CC1CCN(C(=O)N2CCOC(CN)C2)CC1.Cl. The third-order valence-corrected chi connectivity index (χ3v) is 3.73. The minimum absolute atomic E-state index is 0. The summed E-state index contributed by atoms with van der Waals surface area (Å²) in [6.45, 7) is 6.47. The molecule has 0 aliphatic carbocycles. The van der Waals surface area contributed by atoms with Gasteiger partial charge in [-0.3, -0.25) is 0 Å². The molecule has 0 spiro atoms. The van der Waals surface area contributed by atoms with Crippen molar-refractivity contribution in [1.29, 1.82) is 0 Å². The fraction of sp³-hybridized carbons (Fsp3) is 0.917. The molecule has 0 aromatic heterocycles. The van der Waals surface area contributed by atoms with E-state index in [-0.39, 0.29) is 24.5 Å². The van der Waals surface area contributed by atoms with E-state index in [9.17, 15) is 4.79 Å². The van der Waals surface area contributed by atoms with E-state index >= 15 is 0 Å². The Morgan fingerprint density at radius 1 is 1.28 bits per heavy atom. The molecular formula is C12H24ClN3O2. The molecule has 2 amide bonds. The smallest absolute Gasteiger partial charge is 0.320 e. The highest BCUT2D eigenvalue weighted by Gasteiger charge is 2.28. The van der Waals surface area contributed by atoms with Gasteiger partial charge in [0.1, 0.15) is 0 Å². The lowest BCUT2D eigenvalue weighted by atomic mass is 9.99. The van der Waals surface area contributed by atoms with Crippen LogP contribution in [0.15, 0.2) is 0 Å². The van der Waals surface area contributed by atoms with Gasteiger partial charge in [-0.25, -0.2) is 4.79 Å². The summed E-state index contributed by atoms with van der Waals surface area (Å²) < 4.78 is 5.47. The topological polar surface area (TPSA) is 58.8 Å². The number of halogens is 1. The van der Waals surface area contributed by atoms with E-state index < -0.39 is 0 Å². The van der Waals surface area contributed by atoms with Gasteiger partial charge in [-0.05, 0) is 18.8 Å². The molecule has 0 radical (unpaired) electrons. The average molecular weight is 278 g/mol. The van der Waals surface area contributed by atoms with Crippen LogP contribution in [-0.2, 0) is 4.74 Å². The molecule has 2 saturated heterocycles. The van der Waals surface area contributed by atoms with Gasteiger partial charge in [-0.1, -0.05) is 6.92 Å². The van der Waals surface area contributed by atoms with Crippen molar-refractivity contribution in [2.45, 2.75) is 25.9 Å². The number of amides is 2. The Hall–Kier alpha value is -0.520. The van der Waals surface area contributed by atoms with Crippen molar-refractivity contribution < 1.29 is 9.53 Å². The highest BCUT2D eigenvalue weighted by Crippen LogP contribution is 2.18. The standard InChI is InChI=1S/C12H23N3O2.ClH/c1-10-2-4-14(5-3-10)12(16)15-6-7-17-11(8-13)9-15;/h10-11H,2-9,13H2,1H3;1H. The first-order valence-corrected chi connectivity index (χ1v) is 6.56. The van der Waals surface area contributed by atoms with E-state index in [0.29, 0.717) is 26.2 Å². The number of nitrogens with zero attached hydrogens (tertiary/aromatic N) is 2. The van der Waals surface area contributed by atoms with Crippen molar-refractivity contribution in [3.63, 3.8) is 0 Å². The predicted molar refractivity (Wildman–Crippen MR) is 73.0 cm³/mol. The van der Waals surface area contributed by atoms with Gasteiger partial charge in [0.05, 0.1) is 12.7 Å². The molecule has 2 aliphatic rings. The van der Waals surface area contributed by atoms with Gasteiger partial charge in [0.2, 0.25) is 0 Å². The first-order valence-electron chi connectivity index (χ1n) is 6.56. The fourth-order valence-electron chi connectivity index (χ4n) is 2.44. The van der Waals surface area contributed by atoms with E-state index in [4.69, 9.17) is 10.5 Å². The van der Waals surface area contributed by atoms with Crippen LogP contribution in [0.25, 0.3) is 0 Å². The summed E-state index contributed by atoms with van der Waals surface area (Å²) in [6, 6.07) is 0.165. The zero-order valence-corrected chi connectivity index (χ0v) is 11.8. The van der Waals surface area contributed by atoms with Gasteiger partial charge in [-0.15, -0.1) is 12.4 Å². The number of hydrogen-bond donors (Lipinski definition) is 1. The van der Waals surface area contributed by atoms with E-state index in [1.165, 1.54) is 0 Å². The molecule has 1 atom stereocenters. The highest BCUT2D eigenvalue weighted by molar-refractivity contribution is 5.85. The third-order valence-electron chi connectivity index (χ3n) is 3.73. The van der Waals surface area contributed by atoms with Crippen LogP contribution in [0.4, 0.5) is 4.79 Å². The van der Waals surface area contributed by atoms with Crippen molar-refractivity contribution >= 4 is 18.4 Å². The summed E-state index contributed by atoms with van der Waals surface area (Å²) in [7, 11) is 0. The number of likely N-dealkylation sites (tertiary alicyclic amines) is 1. The van der Waals surface area contributed by atoms with Gasteiger partial charge >= 0.3 is 6.03 Å². The summed E-state index contributed by atoms with van der Waals surface area (Å²) in [5.74, 6) is 0.750. The Morgan fingerprint density at radius 2 is 1.94 bits per heavy atom. The van der Waals surface area contributed by atoms with Gasteiger partial charge in [0, 0.05) is 32.7 Å². The second-order valence-electron chi connectivity index (χ2n) is 5.13. The first-order chi connectivity index (χ1) is 8.20. The number of ether oxygens (including phenoxy) is 1. The Kier molecular flexibility index (Phi) is 6.18. The minimum atomic E-state index is 0. The van der Waals surface area contributed by atoms with Crippen LogP contribution in [-0.4, -0.2) is 61.3 Å². The van der Waals surface area contributed by atoms with Gasteiger partial charge in [0.15, 0.2) is 0 Å². The van der Waals surface area contributed by atoms with E-state index in [2.05, 4.69) is 6.92 Å². The number of rotatable bonds is 1. The summed E-state index contributed by atoms with van der Waals surface area (Å²) in [6.07, 6.45) is 2.25. The van der Waals surface area contributed by atoms with Crippen LogP contribution in [0.3, 0.4) is 0 Å². The van der Waals surface area contributed by atoms with Crippen LogP contribution in [0.2, 0.25) is 0 Å². The number of morpholine rings is 1. The normalized spacial score (nSPS) is 25.8. The monoisotopic (exact) mass is 277 g/mol. The molecule has 1 unspecified atom stereocenters. The third kappa shape index (κ3) is 3.73. The second kappa shape index (κ2) is 7.16. The maximum absolute atomic E-state index is 12.3. The first kappa shape index (κ1) is 15.5. The van der Waals surface area contributed by atoms with Crippen molar-refractivity contribution in [2.24, 2.45) is 11.7 Å². The zero-order valence-electron chi connectivity index (χ0n) is 11.0. The Balaban J connectivity index is 0.00000162. The molecule has 2 N–H and O–H groups in total. The molecule has 2 fully saturated rings. The molecule has 0 aromatic rings. The Labute approximate surface area is 115 Å². The Bertz CT molecular complexity index is 270. The highest BCUT2D eigenvalue weighted by atomic mass is 35.5. The molecule has 106 valence electrons. The zero-order chi connectivity index (χ0) is 12.3. The van der Waals surface area contributed by atoms with E-state index in [1.54, 1.807) is 0 Å². The van der Waals surface area contributed by atoms with Crippen molar-refractivity contribution in [1.82, 2.24) is 9.80 Å². The number of carbonyl (C=O) groups is 1. The van der Waals surface area contributed by atoms with Crippen molar-refractivity contribution in [3.05, 3.63) is 0 Å². The molecule has 5 nitrogen and oxygen atoms in total. The Morgan fingerprint density at radius 3 is 2.56 bits per heavy atom. The molecule has 18 heavy (non-hydrogen) atoms. The molecule has 2 aliphatic heterocycles. The van der Waals surface area contributed by atoms with Crippen molar-refractivity contribution in [3.8, 4) is 0 Å². The molecule has 0 bridgehead atoms. The summed E-state index contributed by atoms with van der Waals surface area (Å²) >= 11 is 0. The molecule has 0 aromatic carbocycles. The maximum Gasteiger partial charge on any atom is 0.320 e. The molecule has 6 heteroatoms. The molecular weight excluding hydrogens is 254 g/mol. The van der Waals surface area contributed by atoms with Crippen LogP contribution in [0, 0.1) is 5.92 Å². The summed E-state index contributed by atoms with van der Waals surface area (Å²) in [5.41, 5.74) is 5.59. The van der Waals surface area contributed by atoms with Crippen LogP contribution in [0.1, 0.15) is 19.8 Å². The average Bonchev–Trinajstić information content (AvgIpc) is 2.39. The number of nitrogens with two attached hydrogens (primary N) is 1. The molecule has 2 rings (SSSR count). The van der Waals surface area contributed by atoms with Gasteiger partial charge in [0.25, 0.3) is 0 Å².